The van der Waals surface area contributed by atoms with Gasteiger partial charge in [-0.3, -0.25) is 0 Å². The molecule has 1 aromatic rings. The first-order chi connectivity index (χ1) is 14.1. The van der Waals surface area contributed by atoms with E-state index >= 15 is 0 Å². The van der Waals surface area contributed by atoms with Crippen LogP contribution in [0.3, 0.4) is 0 Å². The van der Waals surface area contributed by atoms with Crippen LogP contribution in [0.1, 0.15) is 108 Å². The largest absolute Gasteiger partial charge is 0.150 e. The molecule has 0 nitrogen and oxygen atoms in total. The van der Waals surface area contributed by atoms with E-state index in [-0.39, 0.29) is 9.89 Å². The molecule has 0 aliphatic carbocycles. The number of hydrogen-bond donors (Lipinski definition) is 0. The van der Waals surface area contributed by atoms with Crippen LogP contribution in [0.2, 0.25) is 0 Å². The molecule has 0 fully saturated rings. The van der Waals surface area contributed by atoms with Crippen molar-refractivity contribution in [3.63, 3.8) is 0 Å². The zero-order valence-electron chi connectivity index (χ0n) is 18.3. The molecule has 0 amide bonds. The quantitative estimate of drug-likeness (QED) is 0.144. The highest BCUT2D eigenvalue weighted by atomic mass is 79.9. The van der Waals surface area contributed by atoms with Gasteiger partial charge >= 0.3 is 0 Å². The highest BCUT2D eigenvalue weighted by Crippen LogP contribution is 2.53. The molecule has 29 heavy (non-hydrogen) atoms. The van der Waals surface area contributed by atoms with E-state index in [9.17, 15) is 0 Å². The summed E-state index contributed by atoms with van der Waals surface area (Å²) in [6, 6.07) is 2.40. The molecular weight excluding hydrogens is 540 g/mol. The van der Waals surface area contributed by atoms with Gasteiger partial charge in [-0.1, -0.05) is 78.1 Å². The van der Waals surface area contributed by atoms with Crippen molar-refractivity contribution in [2.24, 2.45) is 0 Å². The molecule has 1 aliphatic rings. The molecule has 0 radical (unpaired) electrons. The van der Waals surface area contributed by atoms with Gasteiger partial charge in [-0.2, -0.15) is 0 Å². The van der Waals surface area contributed by atoms with Gasteiger partial charge in [-0.15, -0.1) is 21.2 Å². The summed E-state index contributed by atoms with van der Waals surface area (Å²) < 4.78 is 2.70. The molecule has 1 atom stereocenters. The van der Waals surface area contributed by atoms with Gasteiger partial charge in [0.15, 0.2) is 0 Å². The summed E-state index contributed by atoms with van der Waals surface area (Å²) >= 11 is 9.62. The lowest BCUT2D eigenvalue weighted by molar-refractivity contribution is 0.607. The van der Waals surface area contributed by atoms with Gasteiger partial charge in [-0.25, -0.2) is 0 Å². The summed E-state index contributed by atoms with van der Waals surface area (Å²) in [4.78, 5) is 3.20. The monoisotopic (exact) mass is 576 g/mol. The minimum atomic E-state index is 0.220. The Hall–Kier alpha value is 0.707. The molecular formula is C24H38Br2S2Si. The fourth-order valence-electron chi connectivity index (χ4n) is 3.94. The maximum atomic E-state index is 3.88. The fraction of sp³-hybridized carbons (Fsp3) is 0.667. The van der Waals surface area contributed by atoms with Crippen LogP contribution >= 0.6 is 53.1 Å². The zero-order chi connectivity index (χ0) is 21.1. The van der Waals surface area contributed by atoms with Gasteiger partial charge < -0.3 is 0 Å². The molecule has 0 saturated carbocycles. The maximum Gasteiger partial charge on any atom is 0.0708 e. The lowest BCUT2D eigenvalue weighted by Gasteiger charge is -2.12. The number of halogens is 2. The van der Waals surface area contributed by atoms with Crippen molar-refractivity contribution in [3.05, 3.63) is 35.8 Å². The van der Waals surface area contributed by atoms with Crippen LogP contribution in [0.25, 0.3) is 4.91 Å². The number of unbranched alkanes of at least 4 members (excludes halogenated alkanes) is 10. The summed E-state index contributed by atoms with van der Waals surface area (Å²) in [5, 5.41) is 0. The van der Waals surface area contributed by atoms with Gasteiger partial charge in [0.2, 0.25) is 0 Å². The second kappa shape index (κ2) is 14.7. The van der Waals surface area contributed by atoms with Gasteiger partial charge in [0.25, 0.3) is 0 Å². The molecule has 0 saturated heterocycles. The molecule has 5 heteroatoms. The fourth-order valence-corrected chi connectivity index (χ4v) is 9.66. The first kappa shape index (κ1) is 26.0. The van der Waals surface area contributed by atoms with Crippen LogP contribution in [-0.4, -0.2) is 8.95 Å². The molecule has 0 N–H and O–H groups in total. The number of rotatable bonds is 15. The summed E-state index contributed by atoms with van der Waals surface area (Å²) in [6.45, 7) is 4.59. The number of thiophene rings is 1. The Balaban J connectivity index is 2.02. The third-order valence-corrected chi connectivity index (χ3v) is 13.5. The molecule has 0 spiro atoms. The minimum Gasteiger partial charge on any atom is -0.150 e. The highest BCUT2D eigenvalue weighted by Gasteiger charge is 2.23. The molecule has 2 rings (SSSR count). The van der Waals surface area contributed by atoms with Crippen molar-refractivity contribution in [3.8, 4) is 0 Å². The van der Waals surface area contributed by atoms with Gasteiger partial charge in [-0.05, 0) is 80.8 Å². The second-order valence-electron chi connectivity index (χ2n) is 8.13. The predicted molar refractivity (Wildman–Crippen MR) is 147 cm³/mol. The molecule has 0 aromatic carbocycles. The lowest BCUT2D eigenvalue weighted by atomic mass is 10.0. The SMILES string of the molecule is CCCCCCCCC1=C(c2sc(Br)cc2CCCCCCCC)S(=[SiH2])C(Br)=C1. The topological polar surface area (TPSA) is 0 Å². The number of aryl methyl sites for hydroxylation is 1. The molecule has 1 aliphatic heterocycles. The van der Waals surface area contributed by atoms with E-state index in [2.05, 4.69) is 66.8 Å². The first-order valence-corrected chi connectivity index (χ1v) is 17.0. The smallest absolute Gasteiger partial charge is 0.0708 e. The van der Waals surface area contributed by atoms with E-state index in [1.807, 2.05) is 11.3 Å². The van der Waals surface area contributed by atoms with Crippen molar-refractivity contribution in [1.29, 1.82) is 0 Å². The summed E-state index contributed by atoms with van der Waals surface area (Å²) in [6.07, 6.45) is 21.4. The molecule has 164 valence electrons. The zero-order valence-corrected chi connectivity index (χ0v) is 24.6. The predicted octanol–water partition coefficient (Wildman–Crippen LogP) is 9.94. The van der Waals surface area contributed by atoms with E-state index in [1.165, 1.54) is 97.5 Å². The first-order valence-electron chi connectivity index (χ1n) is 11.5. The Kier molecular flexibility index (Phi) is 13.2. The normalized spacial score (nSPS) is 16.7. The highest BCUT2D eigenvalue weighted by molar-refractivity contribution is 9.14. The molecule has 0 bridgehead atoms. The van der Waals surface area contributed by atoms with Gasteiger partial charge in [0, 0.05) is 22.5 Å². The van der Waals surface area contributed by atoms with Crippen LogP contribution in [0.5, 0.6) is 0 Å². The van der Waals surface area contributed by atoms with E-state index in [0.29, 0.717) is 0 Å². The third kappa shape index (κ3) is 8.63. The maximum absolute atomic E-state index is 3.88. The number of allylic oxidation sites excluding steroid dienone is 2. The van der Waals surface area contributed by atoms with Crippen molar-refractivity contribution in [2.75, 3.05) is 0 Å². The molecule has 1 aromatic heterocycles. The summed E-state index contributed by atoms with van der Waals surface area (Å²) in [5.74, 6) is 0. The molecule has 1 unspecified atom stereocenters. The van der Waals surface area contributed by atoms with E-state index in [0.717, 1.165) is 0 Å². The number of hydrogen-bond acceptors (Lipinski definition) is 1. The van der Waals surface area contributed by atoms with E-state index < -0.39 is 0 Å². The van der Waals surface area contributed by atoms with Crippen molar-refractivity contribution < 1.29 is 0 Å². The van der Waals surface area contributed by atoms with Crippen LogP contribution in [0, 0.1) is 0 Å². The minimum absolute atomic E-state index is 0.220. The Bertz CT molecular complexity index is 718. The second-order valence-corrected chi connectivity index (χ2v) is 15.3. The third-order valence-electron chi connectivity index (χ3n) is 5.65. The van der Waals surface area contributed by atoms with Gasteiger partial charge in [0.1, 0.15) is 0 Å². The lowest BCUT2D eigenvalue weighted by Crippen LogP contribution is -1.91. The summed E-state index contributed by atoms with van der Waals surface area (Å²) in [7, 11) is 2.38. The van der Waals surface area contributed by atoms with Crippen molar-refractivity contribution >= 4 is 66.9 Å². The van der Waals surface area contributed by atoms with E-state index in [4.69, 9.17) is 0 Å². The van der Waals surface area contributed by atoms with Crippen LogP contribution < -0.4 is 0 Å². The van der Waals surface area contributed by atoms with Crippen LogP contribution in [0.4, 0.5) is 0 Å². The standard InChI is InChI=1S/C24H38Br2S2Si/c1-3-5-7-9-11-13-15-19-17-21(25)27-23(19)24-20(18-22(26)28(24)29)16-14-12-10-8-6-4-2/h17-18H,3-16,29H2,1-2H3. The Labute approximate surface area is 205 Å². The average molecular weight is 579 g/mol. The van der Waals surface area contributed by atoms with E-state index in [1.54, 1.807) is 20.9 Å². The Morgan fingerprint density at radius 3 is 2.00 bits per heavy atom. The van der Waals surface area contributed by atoms with Crippen LogP contribution in [0.15, 0.2) is 25.3 Å². The average Bonchev–Trinajstić information content (AvgIpc) is 3.19. The van der Waals surface area contributed by atoms with Gasteiger partial charge in [0.05, 0.1) is 3.79 Å². The molecule has 2 heterocycles. The Morgan fingerprint density at radius 1 is 0.828 bits per heavy atom. The summed E-state index contributed by atoms with van der Waals surface area (Å²) in [5.41, 5.74) is 3.18. The van der Waals surface area contributed by atoms with Crippen LogP contribution in [-0.2, 0) is 6.42 Å². The van der Waals surface area contributed by atoms with Crippen molar-refractivity contribution in [2.45, 2.75) is 104 Å². The Morgan fingerprint density at radius 2 is 1.38 bits per heavy atom. The van der Waals surface area contributed by atoms with Crippen molar-refractivity contribution in [1.82, 2.24) is 0 Å².